The molecule has 1 unspecified atom stereocenters. The Hall–Kier alpha value is -2.67. The second-order valence-corrected chi connectivity index (χ2v) is 9.13. The summed E-state index contributed by atoms with van der Waals surface area (Å²) >= 11 is 0. The molecule has 1 aliphatic heterocycles. The molecule has 1 aromatic heterocycles. The molecule has 13 heteroatoms. The van der Waals surface area contributed by atoms with Gasteiger partial charge in [-0.3, -0.25) is 25.6 Å². The Labute approximate surface area is 203 Å². The molecule has 198 valence electrons. The molecule has 1 aliphatic carbocycles. The third-order valence-corrected chi connectivity index (χ3v) is 6.07. The average Bonchev–Trinajstić information content (AvgIpc) is 3.49. The van der Waals surface area contributed by atoms with E-state index in [1.807, 2.05) is 21.0 Å². The van der Waals surface area contributed by atoms with Crippen molar-refractivity contribution in [3.05, 3.63) is 11.6 Å². The molecule has 1 saturated carbocycles. The van der Waals surface area contributed by atoms with Gasteiger partial charge in [0.25, 0.3) is 6.43 Å². The van der Waals surface area contributed by atoms with Crippen LogP contribution in [0.3, 0.4) is 0 Å². The van der Waals surface area contributed by atoms with Gasteiger partial charge in [-0.1, -0.05) is 32.6 Å². The fourth-order valence-electron chi connectivity index (χ4n) is 4.37. The van der Waals surface area contributed by atoms with Gasteiger partial charge in [-0.25, -0.2) is 23.8 Å². The number of hydroxylamine groups is 2. The number of hydrazine groups is 1. The number of halogens is 3. The molecule has 35 heavy (non-hydrogen) atoms. The van der Waals surface area contributed by atoms with Gasteiger partial charge in [0.05, 0.1) is 12.5 Å². The maximum absolute atomic E-state index is 15.0. The molecule has 0 radical (unpaired) electrons. The van der Waals surface area contributed by atoms with Crippen LogP contribution in [0.1, 0.15) is 57.7 Å². The van der Waals surface area contributed by atoms with Crippen molar-refractivity contribution in [3.63, 3.8) is 0 Å². The summed E-state index contributed by atoms with van der Waals surface area (Å²) in [5.41, 5.74) is 4.61. The maximum atomic E-state index is 15.0. The highest BCUT2D eigenvalue weighted by atomic mass is 19.3. The lowest BCUT2D eigenvalue weighted by atomic mass is 9.92. The molecular formula is C22H36F3N7O3. The summed E-state index contributed by atoms with van der Waals surface area (Å²) < 4.78 is 41.6. The van der Waals surface area contributed by atoms with Crippen LogP contribution in [0.2, 0.25) is 0 Å². The monoisotopic (exact) mass is 503 g/mol. The highest BCUT2D eigenvalue weighted by molar-refractivity contribution is 5.80. The Morgan fingerprint density at radius 1 is 1.26 bits per heavy atom. The SMILES string of the molecule is CNC.C[C@H]1CCN(c2nc(C(F)F)nc(NNC(=O)C(CC3CCCC3)CN(O)C=O)c2F)C1. The maximum Gasteiger partial charge on any atom is 0.297 e. The van der Waals surface area contributed by atoms with E-state index in [4.69, 9.17) is 0 Å². The zero-order chi connectivity index (χ0) is 26.0. The predicted molar refractivity (Wildman–Crippen MR) is 124 cm³/mol. The van der Waals surface area contributed by atoms with E-state index >= 15 is 4.39 Å². The van der Waals surface area contributed by atoms with Crippen LogP contribution in [0.5, 0.6) is 0 Å². The van der Waals surface area contributed by atoms with Crippen molar-refractivity contribution in [1.82, 2.24) is 25.8 Å². The van der Waals surface area contributed by atoms with Crippen molar-refractivity contribution in [1.29, 1.82) is 0 Å². The number of nitrogens with one attached hydrogen (secondary N) is 3. The van der Waals surface area contributed by atoms with Crippen LogP contribution in [-0.2, 0) is 9.59 Å². The molecule has 2 heterocycles. The van der Waals surface area contributed by atoms with E-state index in [9.17, 15) is 23.6 Å². The second kappa shape index (κ2) is 14.0. The van der Waals surface area contributed by atoms with Gasteiger partial charge in [0.15, 0.2) is 17.5 Å². The van der Waals surface area contributed by atoms with Gasteiger partial charge >= 0.3 is 0 Å². The number of hydrogen-bond acceptors (Lipinski definition) is 8. The Balaban J connectivity index is 0.00000137. The number of aromatic nitrogens is 2. The Morgan fingerprint density at radius 3 is 2.46 bits per heavy atom. The topological polar surface area (TPSA) is 123 Å². The lowest BCUT2D eigenvalue weighted by Crippen LogP contribution is -2.41. The fraction of sp³-hybridized carbons (Fsp3) is 0.727. The first-order valence-corrected chi connectivity index (χ1v) is 11.9. The van der Waals surface area contributed by atoms with Gasteiger partial charge in [-0.2, -0.15) is 4.39 Å². The minimum Gasteiger partial charge on any atom is -0.354 e. The van der Waals surface area contributed by atoms with Crippen LogP contribution in [0.15, 0.2) is 0 Å². The highest BCUT2D eigenvalue weighted by Gasteiger charge is 2.29. The summed E-state index contributed by atoms with van der Waals surface area (Å²) in [6.45, 7) is 2.69. The molecule has 0 aromatic carbocycles. The number of carbonyl (C=O) groups is 2. The van der Waals surface area contributed by atoms with Gasteiger partial charge in [0.2, 0.25) is 18.1 Å². The van der Waals surface area contributed by atoms with Crippen LogP contribution in [0.25, 0.3) is 0 Å². The first-order chi connectivity index (χ1) is 16.7. The Bertz CT molecular complexity index is 828. The summed E-state index contributed by atoms with van der Waals surface area (Å²) in [5.74, 6) is -3.40. The molecule has 10 nitrogen and oxygen atoms in total. The number of rotatable bonds is 10. The van der Waals surface area contributed by atoms with Crippen LogP contribution in [0.4, 0.5) is 24.8 Å². The molecule has 4 N–H and O–H groups in total. The Kier molecular flexibility index (Phi) is 11.4. The van der Waals surface area contributed by atoms with E-state index in [-0.39, 0.29) is 30.6 Å². The second-order valence-electron chi connectivity index (χ2n) is 9.13. The summed E-state index contributed by atoms with van der Waals surface area (Å²) in [5, 5.41) is 12.7. The number of anilines is 2. The summed E-state index contributed by atoms with van der Waals surface area (Å²) in [6, 6.07) is 0. The zero-order valence-corrected chi connectivity index (χ0v) is 20.4. The van der Waals surface area contributed by atoms with E-state index in [0.717, 1.165) is 32.1 Å². The van der Waals surface area contributed by atoms with Crippen molar-refractivity contribution in [2.24, 2.45) is 17.8 Å². The van der Waals surface area contributed by atoms with Gasteiger partial charge in [0.1, 0.15) is 0 Å². The van der Waals surface area contributed by atoms with E-state index in [2.05, 4.69) is 26.1 Å². The third-order valence-electron chi connectivity index (χ3n) is 6.07. The van der Waals surface area contributed by atoms with Crippen molar-refractivity contribution < 1.29 is 28.0 Å². The molecule has 0 spiro atoms. The fourth-order valence-corrected chi connectivity index (χ4v) is 4.37. The van der Waals surface area contributed by atoms with Crippen molar-refractivity contribution >= 4 is 24.0 Å². The van der Waals surface area contributed by atoms with Crippen LogP contribution >= 0.6 is 0 Å². The number of alkyl halides is 2. The molecule has 3 rings (SSSR count). The van der Waals surface area contributed by atoms with Crippen LogP contribution in [-0.4, -0.2) is 66.3 Å². The first-order valence-electron chi connectivity index (χ1n) is 11.9. The molecule has 2 amide bonds. The minimum atomic E-state index is -3.02. The lowest BCUT2D eigenvalue weighted by molar-refractivity contribution is -0.154. The summed E-state index contributed by atoms with van der Waals surface area (Å²) in [4.78, 5) is 32.3. The molecule has 0 bridgehead atoms. The van der Waals surface area contributed by atoms with Gasteiger partial charge in [-0.05, 0) is 38.8 Å². The molecule has 2 aliphatic rings. The smallest absolute Gasteiger partial charge is 0.297 e. The van der Waals surface area contributed by atoms with Crippen LogP contribution in [0, 0.1) is 23.6 Å². The molecule has 2 atom stereocenters. The summed E-state index contributed by atoms with van der Waals surface area (Å²) in [6.07, 6.45) is 2.39. The zero-order valence-electron chi connectivity index (χ0n) is 20.4. The quantitative estimate of drug-likeness (QED) is 0.218. The standard InChI is InChI=1S/C20H29F3N6O3.C2H7N/c1-12-6-7-28(9-12)19-15(21)17(24-18(25-19)16(22)23)26-27-20(31)14(10-29(32)11-30)8-13-4-2-3-5-13;1-3-2/h11-14,16,32H,2-10H2,1H3,(H,27,31)(H,24,25,26);3H,1-2H3/t12-,14?;/m0./s1. The lowest BCUT2D eigenvalue weighted by Gasteiger charge is -2.23. The van der Waals surface area contributed by atoms with Crippen molar-refractivity contribution in [3.8, 4) is 0 Å². The Morgan fingerprint density at radius 2 is 1.91 bits per heavy atom. The van der Waals surface area contributed by atoms with E-state index in [1.165, 1.54) is 0 Å². The largest absolute Gasteiger partial charge is 0.354 e. The predicted octanol–water partition coefficient (Wildman–Crippen LogP) is 2.72. The van der Waals surface area contributed by atoms with E-state index < -0.39 is 35.7 Å². The van der Waals surface area contributed by atoms with Crippen LogP contribution < -0.4 is 21.1 Å². The van der Waals surface area contributed by atoms with E-state index in [1.54, 1.807) is 4.90 Å². The molecule has 1 saturated heterocycles. The van der Waals surface area contributed by atoms with Crippen molar-refractivity contribution in [2.45, 2.75) is 51.9 Å². The number of amides is 2. The molecule has 2 fully saturated rings. The summed E-state index contributed by atoms with van der Waals surface area (Å²) in [7, 11) is 3.75. The number of carbonyl (C=O) groups excluding carboxylic acids is 2. The number of nitrogens with zero attached hydrogens (tertiary/aromatic N) is 4. The van der Waals surface area contributed by atoms with Gasteiger partial charge in [0, 0.05) is 13.1 Å². The molecular weight excluding hydrogens is 467 g/mol. The average molecular weight is 504 g/mol. The van der Waals surface area contributed by atoms with E-state index in [0.29, 0.717) is 24.6 Å². The van der Waals surface area contributed by atoms with Crippen molar-refractivity contribution in [2.75, 3.05) is 44.1 Å². The molecule has 1 aromatic rings. The first kappa shape index (κ1) is 28.6. The normalized spacial score (nSPS) is 18.7. The number of hydrogen-bond donors (Lipinski definition) is 4. The minimum absolute atomic E-state index is 0.199. The van der Waals surface area contributed by atoms with Gasteiger partial charge in [-0.15, -0.1) is 0 Å². The third kappa shape index (κ3) is 8.49. The highest BCUT2D eigenvalue weighted by Crippen LogP contribution is 2.31. The van der Waals surface area contributed by atoms with Gasteiger partial charge < -0.3 is 10.2 Å².